The average molecular weight is 259 g/mol. The molecule has 5 heteroatoms. The van der Waals surface area contributed by atoms with Crippen LogP contribution in [0.5, 0.6) is 0 Å². The first kappa shape index (κ1) is 15.1. The molecule has 1 atom stereocenters. The fraction of sp³-hybridized carbons (Fsp3) is 0.769. The zero-order valence-electron chi connectivity index (χ0n) is 11.6. The molecule has 0 aliphatic carbocycles. The van der Waals surface area contributed by atoms with Gasteiger partial charge in [0, 0.05) is 18.2 Å². The Morgan fingerprint density at radius 2 is 2.00 bits per heavy atom. The summed E-state index contributed by atoms with van der Waals surface area (Å²) in [6.07, 6.45) is -0.126. The highest BCUT2D eigenvalue weighted by atomic mass is 19.3. The van der Waals surface area contributed by atoms with Gasteiger partial charge in [0.05, 0.1) is 6.20 Å². The smallest absolute Gasteiger partial charge is 0.280 e. The Hall–Kier alpha value is -0.970. The van der Waals surface area contributed by atoms with Gasteiger partial charge in [-0.15, -0.1) is 0 Å². The first-order chi connectivity index (χ1) is 8.47. The van der Waals surface area contributed by atoms with Crippen LogP contribution >= 0.6 is 0 Å². The minimum absolute atomic E-state index is 0.00727. The lowest BCUT2D eigenvalue weighted by Gasteiger charge is -2.14. The molecule has 3 nitrogen and oxygen atoms in total. The number of nitrogens with zero attached hydrogens (tertiary/aromatic N) is 2. The van der Waals surface area contributed by atoms with E-state index in [2.05, 4.69) is 24.3 Å². The van der Waals surface area contributed by atoms with Crippen molar-refractivity contribution in [3.63, 3.8) is 0 Å². The molecule has 1 heterocycles. The molecule has 104 valence electrons. The summed E-state index contributed by atoms with van der Waals surface area (Å²) in [5, 5.41) is 7.28. The van der Waals surface area contributed by atoms with Crippen LogP contribution in [-0.2, 0) is 6.54 Å². The molecule has 0 bridgehead atoms. The summed E-state index contributed by atoms with van der Waals surface area (Å²) < 4.78 is 27.7. The highest BCUT2D eigenvalue weighted by Gasteiger charge is 2.21. The number of rotatable bonds is 7. The van der Waals surface area contributed by atoms with Crippen LogP contribution in [-0.4, -0.2) is 16.3 Å². The molecule has 18 heavy (non-hydrogen) atoms. The van der Waals surface area contributed by atoms with Gasteiger partial charge in [-0.05, 0) is 25.8 Å². The predicted molar refractivity (Wildman–Crippen MR) is 68.7 cm³/mol. The van der Waals surface area contributed by atoms with Crippen molar-refractivity contribution in [3.05, 3.63) is 17.5 Å². The molecule has 1 unspecified atom stereocenters. The number of nitrogens with one attached hydrogen (secondary N) is 1. The van der Waals surface area contributed by atoms with Gasteiger partial charge in [0.1, 0.15) is 5.69 Å². The van der Waals surface area contributed by atoms with Crippen molar-refractivity contribution in [1.82, 2.24) is 15.1 Å². The highest BCUT2D eigenvalue weighted by molar-refractivity contribution is 5.19. The maximum atomic E-state index is 13.1. The van der Waals surface area contributed by atoms with Gasteiger partial charge in [0.25, 0.3) is 6.43 Å². The largest absolute Gasteiger partial charge is 0.312 e. The van der Waals surface area contributed by atoms with Gasteiger partial charge in [-0.3, -0.25) is 4.68 Å². The van der Waals surface area contributed by atoms with Crippen molar-refractivity contribution < 1.29 is 8.78 Å². The van der Waals surface area contributed by atoms with Gasteiger partial charge in [-0.2, -0.15) is 5.10 Å². The third-order valence-electron chi connectivity index (χ3n) is 3.00. The van der Waals surface area contributed by atoms with Crippen molar-refractivity contribution >= 4 is 0 Å². The van der Waals surface area contributed by atoms with Gasteiger partial charge in [-0.1, -0.05) is 20.8 Å². The summed E-state index contributed by atoms with van der Waals surface area (Å²) in [6, 6.07) is 0.00727. The molecule has 0 amide bonds. The van der Waals surface area contributed by atoms with E-state index < -0.39 is 6.43 Å². The SMILES string of the molecule is CCC(C)n1ncc(CNCC(C)C)c1C(F)F. The van der Waals surface area contributed by atoms with Gasteiger partial charge in [0.15, 0.2) is 0 Å². The zero-order chi connectivity index (χ0) is 13.7. The van der Waals surface area contributed by atoms with E-state index in [0.717, 1.165) is 13.0 Å². The summed E-state index contributed by atoms with van der Waals surface area (Å²) in [5.74, 6) is 0.504. The molecule has 0 aliphatic rings. The van der Waals surface area contributed by atoms with Crippen LogP contribution in [0.4, 0.5) is 8.78 Å². The average Bonchev–Trinajstić information content (AvgIpc) is 2.71. The summed E-state index contributed by atoms with van der Waals surface area (Å²) in [4.78, 5) is 0. The molecular formula is C13H23F2N3. The molecule has 1 rings (SSSR count). The van der Waals surface area contributed by atoms with Crippen LogP contribution < -0.4 is 5.32 Å². The number of hydrogen-bond acceptors (Lipinski definition) is 2. The van der Waals surface area contributed by atoms with E-state index in [4.69, 9.17) is 0 Å². The topological polar surface area (TPSA) is 29.9 Å². The second-order valence-electron chi connectivity index (χ2n) is 5.08. The monoisotopic (exact) mass is 259 g/mol. The van der Waals surface area contributed by atoms with E-state index in [9.17, 15) is 8.78 Å². The van der Waals surface area contributed by atoms with E-state index in [-0.39, 0.29) is 11.7 Å². The molecule has 0 radical (unpaired) electrons. The summed E-state index contributed by atoms with van der Waals surface area (Å²) in [7, 11) is 0. The van der Waals surface area contributed by atoms with Crippen LogP contribution in [0, 0.1) is 5.92 Å². The van der Waals surface area contributed by atoms with Crippen LogP contribution in [0.15, 0.2) is 6.20 Å². The first-order valence-electron chi connectivity index (χ1n) is 6.52. The second kappa shape index (κ2) is 6.83. The van der Waals surface area contributed by atoms with Crippen LogP contribution in [0.1, 0.15) is 57.8 Å². The molecule has 0 saturated heterocycles. The van der Waals surface area contributed by atoms with Gasteiger partial charge in [0.2, 0.25) is 0 Å². The predicted octanol–water partition coefficient (Wildman–Crippen LogP) is 3.54. The number of halogens is 2. The molecule has 0 saturated carbocycles. The lowest BCUT2D eigenvalue weighted by atomic mass is 10.2. The van der Waals surface area contributed by atoms with Crippen LogP contribution in [0.3, 0.4) is 0 Å². The van der Waals surface area contributed by atoms with E-state index >= 15 is 0 Å². The molecule has 1 aromatic rings. The van der Waals surface area contributed by atoms with Crippen molar-refractivity contribution in [2.24, 2.45) is 5.92 Å². The molecular weight excluding hydrogens is 236 g/mol. The summed E-state index contributed by atoms with van der Waals surface area (Å²) in [5.41, 5.74) is 0.659. The van der Waals surface area contributed by atoms with Crippen molar-refractivity contribution in [2.75, 3.05) is 6.54 Å². The van der Waals surface area contributed by atoms with E-state index in [1.54, 1.807) is 6.20 Å². The Bertz CT molecular complexity index is 361. The Morgan fingerprint density at radius 1 is 1.33 bits per heavy atom. The minimum atomic E-state index is -2.47. The van der Waals surface area contributed by atoms with Crippen molar-refractivity contribution in [3.8, 4) is 0 Å². The van der Waals surface area contributed by atoms with Crippen molar-refractivity contribution in [2.45, 2.75) is 53.1 Å². The molecule has 0 fully saturated rings. The summed E-state index contributed by atoms with van der Waals surface area (Å²) in [6.45, 7) is 9.32. The maximum Gasteiger partial charge on any atom is 0.280 e. The highest BCUT2D eigenvalue weighted by Crippen LogP contribution is 2.26. The second-order valence-corrected chi connectivity index (χ2v) is 5.08. The first-order valence-corrected chi connectivity index (χ1v) is 6.52. The Balaban J connectivity index is 2.82. The third-order valence-corrected chi connectivity index (χ3v) is 3.00. The normalized spacial score (nSPS) is 13.6. The Kier molecular flexibility index (Phi) is 5.72. The lowest BCUT2D eigenvalue weighted by molar-refractivity contribution is 0.134. The molecule has 1 N–H and O–H groups in total. The minimum Gasteiger partial charge on any atom is -0.312 e. The fourth-order valence-electron chi connectivity index (χ4n) is 1.80. The third kappa shape index (κ3) is 3.77. The quantitative estimate of drug-likeness (QED) is 0.811. The van der Waals surface area contributed by atoms with E-state index in [1.165, 1.54) is 4.68 Å². The number of aromatic nitrogens is 2. The van der Waals surface area contributed by atoms with Gasteiger partial charge in [-0.25, -0.2) is 8.78 Å². The fourth-order valence-corrected chi connectivity index (χ4v) is 1.80. The molecule has 1 aromatic heterocycles. The molecule has 0 aliphatic heterocycles. The summed E-state index contributed by atoms with van der Waals surface area (Å²) >= 11 is 0. The number of alkyl halides is 2. The standard InChI is InChI=1S/C13H23F2N3/c1-5-10(4)18-12(13(14)15)11(8-17-18)7-16-6-9(2)3/h8-10,13,16H,5-7H2,1-4H3. The van der Waals surface area contributed by atoms with Gasteiger partial charge < -0.3 is 5.32 Å². The van der Waals surface area contributed by atoms with E-state index in [1.807, 2.05) is 13.8 Å². The van der Waals surface area contributed by atoms with Crippen molar-refractivity contribution in [1.29, 1.82) is 0 Å². The van der Waals surface area contributed by atoms with Crippen LogP contribution in [0.2, 0.25) is 0 Å². The molecule has 0 spiro atoms. The van der Waals surface area contributed by atoms with Gasteiger partial charge >= 0.3 is 0 Å². The van der Waals surface area contributed by atoms with Crippen LogP contribution in [0.25, 0.3) is 0 Å². The Morgan fingerprint density at radius 3 is 2.50 bits per heavy atom. The maximum absolute atomic E-state index is 13.1. The Labute approximate surface area is 108 Å². The zero-order valence-corrected chi connectivity index (χ0v) is 11.6. The lowest BCUT2D eigenvalue weighted by Crippen LogP contribution is -2.20. The number of hydrogen-bond donors (Lipinski definition) is 1. The molecule has 0 aromatic carbocycles. The van der Waals surface area contributed by atoms with E-state index in [0.29, 0.717) is 18.0 Å².